The van der Waals surface area contributed by atoms with E-state index in [4.69, 9.17) is 21.1 Å². The molecular formula is C30H24ClNO4S. The number of carbonyl (C=O) groups is 2. The summed E-state index contributed by atoms with van der Waals surface area (Å²) >= 11 is 7.18. The second-order valence-corrected chi connectivity index (χ2v) is 9.87. The van der Waals surface area contributed by atoms with Gasteiger partial charge in [-0.05, 0) is 70.9 Å². The largest absolute Gasteiger partial charge is 0.490 e. The van der Waals surface area contributed by atoms with Crippen LogP contribution in [0.3, 0.4) is 0 Å². The molecule has 1 heterocycles. The van der Waals surface area contributed by atoms with E-state index < -0.39 is 0 Å². The van der Waals surface area contributed by atoms with Crippen molar-refractivity contribution in [2.45, 2.75) is 20.1 Å². The van der Waals surface area contributed by atoms with Crippen molar-refractivity contribution in [3.05, 3.63) is 112 Å². The van der Waals surface area contributed by atoms with Gasteiger partial charge in [0.2, 0.25) is 0 Å². The fourth-order valence-electron chi connectivity index (χ4n) is 4.08. The highest BCUT2D eigenvalue weighted by Crippen LogP contribution is 2.36. The lowest BCUT2D eigenvalue weighted by molar-refractivity contribution is -0.123. The van der Waals surface area contributed by atoms with Crippen LogP contribution in [-0.2, 0) is 17.9 Å². The van der Waals surface area contributed by atoms with Gasteiger partial charge in [-0.25, -0.2) is 0 Å². The van der Waals surface area contributed by atoms with Crippen molar-refractivity contribution in [1.29, 1.82) is 0 Å². The monoisotopic (exact) mass is 529 g/mol. The Morgan fingerprint density at radius 3 is 2.46 bits per heavy atom. The molecule has 1 saturated heterocycles. The van der Waals surface area contributed by atoms with E-state index in [0.29, 0.717) is 34.6 Å². The number of fused-ring (bicyclic) bond motifs is 1. The molecule has 0 radical (unpaired) electrons. The van der Waals surface area contributed by atoms with E-state index in [1.807, 2.05) is 85.8 Å². The number of rotatable bonds is 8. The van der Waals surface area contributed by atoms with Crippen molar-refractivity contribution < 1.29 is 19.1 Å². The van der Waals surface area contributed by atoms with Gasteiger partial charge < -0.3 is 9.47 Å². The van der Waals surface area contributed by atoms with Crippen LogP contribution in [0.15, 0.2) is 89.8 Å². The molecule has 186 valence electrons. The molecule has 1 aliphatic rings. The Bertz CT molecular complexity index is 1520. The zero-order valence-electron chi connectivity index (χ0n) is 20.1. The van der Waals surface area contributed by atoms with Crippen LogP contribution in [0.4, 0.5) is 4.79 Å². The van der Waals surface area contributed by atoms with Gasteiger partial charge in [-0.15, -0.1) is 0 Å². The molecule has 0 spiro atoms. The molecule has 5 nitrogen and oxygen atoms in total. The molecule has 0 aromatic heterocycles. The van der Waals surface area contributed by atoms with Crippen LogP contribution in [-0.4, -0.2) is 22.7 Å². The zero-order chi connectivity index (χ0) is 25.8. The first-order valence-corrected chi connectivity index (χ1v) is 13.1. The van der Waals surface area contributed by atoms with Crippen LogP contribution in [0.1, 0.15) is 23.6 Å². The number of benzene rings is 4. The van der Waals surface area contributed by atoms with E-state index >= 15 is 0 Å². The van der Waals surface area contributed by atoms with Gasteiger partial charge >= 0.3 is 0 Å². The average Bonchev–Trinajstić information content (AvgIpc) is 3.16. The summed E-state index contributed by atoms with van der Waals surface area (Å²) in [5.74, 6) is 0.821. The van der Waals surface area contributed by atoms with Gasteiger partial charge in [0.05, 0.1) is 18.1 Å². The highest BCUT2D eigenvalue weighted by Gasteiger charge is 2.35. The first kappa shape index (κ1) is 24.9. The van der Waals surface area contributed by atoms with E-state index in [-0.39, 0.29) is 17.7 Å². The molecule has 0 unspecified atom stereocenters. The lowest BCUT2D eigenvalue weighted by Crippen LogP contribution is -2.27. The summed E-state index contributed by atoms with van der Waals surface area (Å²) in [4.78, 5) is 27.5. The highest BCUT2D eigenvalue weighted by atomic mass is 35.5. The summed E-state index contributed by atoms with van der Waals surface area (Å²) in [6, 6.07) is 26.9. The molecule has 0 bridgehead atoms. The maximum absolute atomic E-state index is 13.1. The summed E-state index contributed by atoms with van der Waals surface area (Å²) in [7, 11) is 0. The van der Waals surface area contributed by atoms with Crippen LogP contribution in [0.2, 0.25) is 5.02 Å². The van der Waals surface area contributed by atoms with Gasteiger partial charge in [0.1, 0.15) is 6.61 Å². The number of halogens is 1. The van der Waals surface area contributed by atoms with Gasteiger partial charge in [-0.3, -0.25) is 14.5 Å². The molecule has 37 heavy (non-hydrogen) atoms. The summed E-state index contributed by atoms with van der Waals surface area (Å²) in [6.45, 7) is 2.87. The molecule has 1 fully saturated rings. The van der Waals surface area contributed by atoms with E-state index in [2.05, 4.69) is 0 Å². The molecule has 0 aliphatic carbocycles. The molecule has 2 amide bonds. The predicted octanol–water partition coefficient (Wildman–Crippen LogP) is 7.71. The normalized spacial score (nSPS) is 14.5. The molecule has 0 N–H and O–H groups in total. The maximum Gasteiger partial charge on any atom is 0.293 e. The Morgan fingerprint density at radius 2 is 1.65 bits per heavy atom. The van der Waals surface area contributed by atoms with Crippen LogP contribution in [0.25, 0.3) is 16.8 Å². The minimum atomic E-state index is -0.305. The molecular weight excluding hydrogens is 506 g/mol. The Hall–Kier alpha value is -3.74. The summed E-state index contributed by atoms with van der Waals surface area (Å²) in [6.07, 6.45) is 1.71. The Morgan fingerprint density at radius 1 is 0.865 bits per heavy atom. The van der Waals surface area contributed by atoms with Crippen molar-refractivity contribution in [3.63, 3.8) is 0 Å². The molecule has 5 rings (SSSR count). The number of hydrogen-bond donors (Lipinski definition) is 0. The first-order chi connectivity index (χ1) is 18.0. The molecule has 0 atom stereocenters. The molecule has 7 heteroatoms. The quantitative estimate of drug-likeness (QED) is 0.219. The van der Waals surface area contributed by atoms with Crippen molar-refractivity contribution in [1.82, 2.24) is 4.90 Å². The predicted molar refractivity (Wildman–Crippen MR) is 149 cm³/mol. The fraction of sp³-hybridized carbons (Fsp3) is 0.133. The fourth-order valence-corrected chi connectivity index (χ4v) is 5.11. The van der Waals surface area contributed by atoms with Crippen LogP contribution >= 0.6 is 23.4 Å². The standard InChI is InChI=1S/C30H24ClNO4S/c1-2-35-27-16-20(12-14-26(27)36-19-24-9-5-6-10-25(24)31)17-28-29(33)32(30(34)37-28)18-21-11-13-22-7-3-4-8-23(22)15-21/h3-17H,2,18-19H2,1H3/b28-17-. The maximum atomic E-state index is 13.1. The van der Waals surface area contributed by atoms with Gasteiger partial charge in [-0.2, -0.15) is 0 Å². The third-order valence-corrected chi connectivity index (χ3v) is 7.21. The number of amides is 2. The lowest BCUT2D eigenvalue weighted by Gasteiger charge is -2.14. The Kier molecular flexibility index (Phi) is 7.49. The van der Waals surface area contributed by atoms with Crippen molar-refractivity contribution in [2.75, 3.05) is 6.61 Å². The van der Waals surface area contributed by atoms with Crippen LogP contribution in [0, 0.1) is 0 Å². The van der Waals surface area contributed by atoms with Crippen LogP contribution in [0.5, 0.6) is 11.5 Å². The molecule has 4 aromatic carbocycles. The second-order valence-electron chi connectivity index (χ2n) is 8.47. The first-order valence-electron chi connectivity index (χ1n) is 11.9. The van der Waals surface area contributed by atoms with E-state index in [1.165, 1.54) is 4.90 Å². The molecule has 1 aliphatic heterocycles. The molecule has 4 aromatic rings. The van der Waals surface area contributed by atoms with Crippen molar-refractivity contribution >= 4 is 51.4 Å². The minimum Gasteiger partial charge on any atom is -0.490 e. The lowest BCUT2D eigenvalue weighted by atomic mass is 10.1. The van der Waals surface area contributed by atoms with Crippen molar-refractivity contribution in [3.8, 4) is 11.5 Å². The SMILES string of the molecule is CCOc1cc(/C=C2\SC(=O)N(Cc3ccc4ccccc4c3)C2=O)ccc1OCc1ccccc1Cl. The minimum absolute atomic E-state index is 0.228. The Balaban J connectivity index is 1.33. The topological polar surface area (TPSA) is 55.8 Å². The third-order valence-electron chi connectivity index (χ3n) is 5.93. The zero-order valence-corrected chi connectivity index (χ0v) is 21.7. The summed E-state index contributed by atoms with van der Waals surface area (Å²) < 4.78 is 11.8. The van der Waals surface area contributed by atoms with Gasteiger partial charge in [0, 0.05) is 10.6 Å². The number of nitrogens with zero attached hydrogens (tertiary/aromatic N) is 1. The van der Waals surface area contributed by atoms with E-state index in [0.717, 1.165) is 39.2 Å². The number of ether oxygens (including phenoxy) is 2. The van der Waals surface area contributed by atoms with E-state index in [1.54, 1.807) is 12.1 Å². The van der Waals surface area contributed by atoms with Crippen molar-refractivity contribution in [2.24, 2.45) is 0 Å². The number of imide groups is 1. The Labute approximate surface area is 224 Å². The van der Waals surface area contributed by atoms with Gasteiger partial charge in [0.15, 0.2) is 11.5 Å². The van der Waals surface area contributed by atoms with Crippen LogP contribution < -0.4 is 9.47 Å². The third kappa shape index (κ3) is 5.66. The van der Waals surface area contributed by atoms with Gasteiger partial charge in [-0.1, -0.05) is 72.3 Å². The smallest absolute Gasteiger partial charge is 0.293 e. The number of thioether (sulfide) groups is 1. The second kappa shape index (κ2) is 11.1. The molecule has 0 saturated carbocycles. The number of hydrogen-bond acceptors (Lipinski definition) is 5. The van der Waals surface area contributed by atoms with Gasteiger partial charge in [0.25, 0.3) is 11.1 Å². The summed E-state index contributed by atoms with van der Waals surface area (Å²) in [5, 5.41) is 2.54. The highest BCUT2D eigenvalue weighted by molar-refractivity contribution is 8.18. The number of carbonyl (C=O) groups excluding carboxylic acids is 2. The average molecular weight is 530 g/mol. The summed E-state index contributed by atoms with van der Waals surface area (Å²) in [5.41, 5.74) is 2.52. The van der Waals surface area contributed by atoms with E-state index in [9.17, 15) is 9.59 Å².